The van der Waals surface area contributed by atoms with E-state index in [1.807, 2.05) is 27.7 Å². The summed E-state index contributed by atoms with van der Waals surface area (Å²) in [6.45, 7) is 28.9. The van der Waals surface area contributed by atoms with Crippen LogP contribution < -0.4 is 31.3 Å². The van der Waals surface area contributed by atoms with E-state index in [1.165, 1.54) is 91.1 Å². The Labute approximate surface area is 456 Å². The van der Waals surface area contributed by atoms with Gasteiger partial charge in [0.05, 0.1) is 24.2 Å². The molecule has 0 unspecified atom stereocenters. The third-order valence-electron chi connectivity index (χ3n) is 15.3. The molecule has 7 fully saturated rings. The number of carbonyl (C=O) groups is 3. The number of methoxy groups -OCH3 is 1. The van der Waals surface area contributed by atoms with Crippen LogP contribution in [0, 0.1) is 0 Å². The predicted octanol–water partition coefficient (Wildman–Crippen LogP) is 4.06. The minimum absolute atomic E-state index is 0. The monoisotopic (exact) mass is 1070 g/mol. The van der Waals surface area contributed by atoms with Crippen LogP contribution in [0.3, 0.4) is 0 Å². The highest BCUT2D eigenvalue weighted by Gasteiger charge is 2.30. The molecule has 75 heavy (non-hydrogen) atoms. The molecule has 0 atom stereocenters. The molecule has 7 aliphatic heterocycles. The van der Waals surface area contributed by atoms with Crippen LogP contribution in [0.4, 0.5) is 16.3 Å². The van der Waals surface area contributed by atoms with Crippen LogP contribution in [0.5, 0.6) is 5.75 Å². The topological polar surface area (TPSA) is 189 Å². The van der Waals surface area contributed by atoms with Gasteiger partial charge >= 0.3 is 6.09 Å². The van der Waals surface area contributed by atoms with Gasteiger partial charge in [0.15, 0.2) is 0 Å². The number of piperidine rings is 3. The van der Waals surface area contributed by atoms with Gasteiger partial charge in [0, 0.05) is 155 Å². The summed E-state index contributed by atoms with van der Waals surface area (Å²) in [4.78, 5) is 60.9. The van der Waals surface area contributed by atoms with Crippen molar-refractivity contribution in [2.24, 2.45) is 5.73 Å². The number of Topliss-reactive ketones (excluding diaryl/α,β-unsaturated/α-hetero) is 1. The van der Waals surface area contributed by atoms with Crippen LogP contribution in [0.25, 0.3) is 0 Å². The molecule has 424 valence electrons. The lowest BCUT2D eigenvalue weighted by molar-refractivity contribution is -0.121. The van der Waals surface area contributed by atoms with Gasteiger partial charge < -0.3 is 60.4 Å². The molecule has 0 radical (unpaired) electrons. The van der Waals surface area contributed by atoms with E-state index in [-0.39, 0.29) is 36.0 Å². The van der Waals surface area contributed by atoms with Crippen molar-refractivity contribution in [3.8, 4) is 5.75 Å². The van der Waals surface area contributed by atoms with Crippen LogP contribution in [0.1, 0.15) is 107 Å². The van der Waals surface area contributed by atoms with E-state index in [1.54, 1.807) is 12.0 Å². The number of amides is 2. The number of ketones is 1. The first-order chi connectivity index (χ1) is 35.6. The first kappa shape index (κ1) is 61.9. The zero-order valence-corrected chi connectivity index (χ0v) is 48.0. The van der Waals surface area contributed by atoms with Gasteiger partial charge in [0.25, 0.3) is 5.91 Å². The van der Waals surface area contributed by atoms with E-state index in [0.717, 1.165) is 99.9 Å². The third-order valence-corrected chi connectivity index (χ3v) is 15.3. The molecule has 1 aromatic carbocycles. The maximum absolute atomic E-state index is 12.4. The number of likely N-dealkylation sites (N-methyl/N-ethyl adjacent to an activating group) is 3. The van der Waals surface area contributed by atoms with E-state index >= 15 is 0 Å². The number of anilines is 2. The van der Waals surface area contributed by atoms with Crippen molar-refractivity contribution in [3.63, 3.8) is 0 Å². The molecule has 19 nitrogen and oxygen atoms in total. The number of nitrogens with two attached hydrogens (primary N) is 1. The zero-order valence-electron chi connectivity index (χ0n) is 47.1. The van der Waals surface area contributed by atoms with E-state index in [4.69, 9.17) is 24.9 Å². The summed E-state index contributed by atoms with van der Waals surface area (Å²) in [6, 6.07) is 8.12. The number of likely N-dealkylation sites (tertiary alicyclic amines) is 1. The molecular weight excluding hydrogens is 974 g/mol. The summed E-state index contributed by atoms with van der Waals surface area (Å²) in [5, 5.41) is 10.3. The molecule has 0 bridgehead atoms. The summed E-state index contributed by atoms with van der Waals surface area (Å²) >= 11 is 0. The standard InChI is InChI=1S/C30H45N7O3.C10H21N3.C10H17NO3.C5H12N2.ClH/c1-4-24-30(32-22-9-17-40-18-10-22)34-25(28(33-24)29(31)38)19-21-5-6-26(27(20-21)39-3)37-11-7-23(8-12-37)36-15-13-35(2)14-16-36;1-12-6-8-13(9-7-12)10-2-4-11-5-3-10;1-10(2,3)14-9(13)11-6-4-8(12)5-7-11;1-7-4-2-6-3-5-7;/h5-6,20,22-23H,4,7-19H2,1-3H3,(H2,31,38)(H,32,34);10-11H,2-9H2,1H3;4-7H2,1-3H3;6H,2-5H2,1H3;1H. The Balaban J connectivity index is 0.000000239. The first-order valence-corrected chi connectivity index (χ1v) is 28.0. The molecule has 7 aliphatic rings. The Hall–Kier alpha value is -3.92. The first-order valence-electron chi connectivity index (χ1n) is 28.0. The minimum Gasteiger partial charge on any atom is -0.495 e. The van der Waals surface area contributed by atoms with Crippen molar-refractivity contribution in [1.82, 2.24) is 50.0 Å². The van der Waals surface area contributed by atoms with E-state index in [9.17, 15) is 14.4 Å². The predicted molar refractivity (Wildman–Crippen MR) is 302 cm³/mol. The number of aromatic nitrogens is 2. The minimum atomic E-state index is -0.554. The molecule has 20 heteroatoms. The largest absolute Gasteiger partial charge is 0.495 e. The number of aryl methyl sites for hydroxylation is 1. The molecule has 0 saturated carbocycles. The normalized spacial score (nSPS) is 21.5. The van der Waals surface area contributed by atoms with Crippen LogP contribution in [-0.2, 0) is 27.1 Å². The molecule has 7 saturated heterocycles. The highest BCUT2D eigenvalue weighted by Crippen LogP contribution is 2.33. The molecule has 9 rings (SSSR count). The van der Waals surface area contributed by atoms with Crippen LogP contribution in [-0.4, -0.2) is 240 Å². The average molecular weight is 1070 g/mol. The maximum atomic E-state index is 12.4. The van der Waals surface area contributed by atoms with Gasteiger partial charge in [-0.3, -0.25) is 19.4 Å². The molecule has 2 aromatic rings. The van der Waals surface area contributed by atoms with Crippen molar-refractivity contribution in [3.05, 3.63) is 40.8 Å². The molecular formula is C55H96ClN13O6. The van der Waals surface area contributed by atoms with Crippen LogP contribution >= 0.6 is 12.4 Å². The summed E-state index contributed by atoms with van der Waals surface area (Å²) in [6.07, 6.45) is 8.58. The van der Waals surface area contributed by atoms with Crippen LogP contribution in [0.2, 0.25) is 0 Å². The number of benzene rings is 1. The number of piperazine rings is 3. The zero-order chi connectivity index (χ0) is 53.0. The van der Waals surface area contributed by atoms with Gasteiger partial charge in [-0.15, -0.1) is 12.4 Å². The third kappa shape index (κ3) is 20.4. The van der Waals surface area contributed by atoms with Crippen molar-refractivity contribution < 1.29 is 28.6 Å². The second-order valence-electron chi connectivity index (χ2n) is 22.2. The number of hydrogen-bond donors (Lipinski definition) is 4. The van der Waals surface area contributed by atoms with Crippen molar-refractivity contribution >= 4 is 41.7 Å². The van der Waals surface area contributed by atoms with Gasteiger partial charge in [-0.05, 0) is 118 Å². The van der Waals surface area contributed by atoms with E-state index < -0.39 is 11.5 Å². The van der Waals surface area contributed by atoms with E-state index in [0.29, 0.717) is 50.5 Å². The summed E-state index contributed by atoms with van der Waals surface area (Å²) in [7, 11) is 8.31. The number of ether oxygens (including phenoxy) is 3. The fraction of sp³-hybridized carbons (Fsp3) is 0.764. The Morgan fingerprint density at radius 2 is 1.28 bits per heavy atom. The molecule has 2 amide bonds. The number of rotatable bonds is 10. The van der Waals surface area contributed by atoms with Crippen LogP contribution in [0.15, 0.2) is 18.2 Å². The maximum Gasteiger partial charge on any atom is 0.410 e. The lowest BCUT2D eigenvalue weighted by Crippen LogP contribution is -2.52. The Bertz CT molecular complexity index is 2010. The highest BCUT2D eigenvalue weighted by molar-refractivity contribution is 5.92. The number of nitrogens with zero attached hydrogens (tertiary/aromatic N) is 9. The molecule has 5 N–H and O–H groups in total. The average Bonchev–Trinajstić information content (AvgIpc) is 3.40. The van der Waals surface area contributed by atoms with Gasteiger partial charge in [-0.1, -0.05) is 13.0 Å². The number of carbonyl (C=O) groups excluding carboxylic acids is 3. The van der Waals surface area contributed by atoms with Gasteiger partial charge in [0.1, 0.15) is 28.6 Å². The molecule has 0 aliphatic carbocycles. The highest BCUT2D eigenvalue weighted by atomic mass is 35.5. The summed E-state index contributed by atoms with van der Waals surface area (Å²) in [5.74, 6) is 1.25. The smallest absolute Gasteiger partial charge is 0.410 e. The van der Waals surface area contributed by atoms with Gasteiger partial charge in [0.2, 0.25) is 0 Å². The fourth-order valence-corrected chi connectivity index (χ4v) is 10.6. The molecule has 8 heterocycles. The Morgan fingerprint density at radius 1 is 0.733 bits per heavy atom. The second kappa shape index (κ2) is 31.5. The number of hydrogen-bond acceptors (Lipinski definition) is 17. The summed E-state index contributed by atoms with van der Waals surface area (Å²) < 4.78 is 16.6. The lowest BCUT2D eigenvalue weighted by atomic mass is 10.0. The van der Waals surface area contributed by atoms with E-state index in [2.05, 4.69) is 89.7 Å². The van der Waals surface area contributed by atoms with Gasteiger partial charge in [-0.25, -0.2) is 14.8 Å². The van der Waals surface area contributed by atoms with Crippen molar-refractivity contribution in [1.29, 1.82) is 0 Å². The summed E-state index contributed by atoms with van der Waals surface area (Å²) in [5.41, 5.74) is 9.01. The molecule has 1 aromatic heterocycles. The van der Waals surface area contributed by atoms with Crippen molar-refractivity contribution in [2.75, 3.05) is 169 Å². The Morgan fingerprint density at radius 3 is 1.79 bits per heavy atom. The lowest BCUT2D eigenvalue weighted by Gasteiger charge is -2.42. The van der Waals surface area contributed by atoms with Crippen molar-refractivity contribution in [2.45, 2.75) is 116 Å². The second-order valence-corrected chi connectivity index (χ2v) is 22.2. The number of primary amides is 1. The molecule has 0 spiro atoms. The number of halogens is 1. The SMILES string of the molecule is CC(C)(C)OC(=O)N1CCC(=O)CC1.CCc1nc(C(N)=O)c(Cc2ccc(N3CCC(N4CCN(C)CC4)CC3)c(OC)c2)nc1NC1CCOCC1.CN1CCN(C2CCNCC2)CC1.CN1CCNCC1.Cl. The number of nitrogens with one attached hydrogen (secondary N) is 3. The Kier molecular flexibility index (Phi) is 26.0. The quantitative estimate of drug-likeness (QED) is 0.267. The fourth-order valence-electron chi connectivity index (χ4n) is 10.6. The van der Waals surface area contributed by atoms with Gasteiger partial charge in [-0.2, -0.15) is 0 Å².